The van der Waals surface area contributed by atoms with E-state index in [0.29, 0.717) is 19.7 Å². The van der Waals surface area contributed by atoms with Crippen LogP contribution in [0.2, 0.25) is 0 Å². The van der Waals surface area contributed by atoms with Gasteiger partial charge in [-0.15, -0.1) is 11.3 Å². The Bertz CT molecular complexity index is 717. The molecule has 22 heavy (non-hydrogen) atoms. The molecular formula is C15H19N3O2S2. The van der Waals surface area contributed by atoms with Crippen molar-refractivity contribution in [2.45, 2.75) is 13.6 Å². The molecular weight excluding hydrogens is 318 g/mol. The summed E-state index contributed by atoms with van der Waals surface area (Å²) in [7, 11) is 0. The number of hydrogen-bond acceptors (Lipinski definition) is 5. The SMILES string of the molecule is CCOC(=O)N1CCN(Cn2c(=S)sc3ccccc32)CC1. The number of fused-ring (bicyclic) bond motifs is 1. The summed E-state index contributed by atoms with van der Waals surface area (Å²) in [5.74, 6) is 0. The number of aromatic nitrogens is 1. The summed E-state index contributed by atoms with van der Waals surface area (Å²) in [5.41, 5.74) is 1.19. The molecule has 0 atom stereocenters. The third-order valence-corrected chi connectivity index (χ3v) is 5.24. The van der Waals surface area contributed by atoms with Crippen LogP contribution in [-0.2, 0) is 11.4 Å². The predicted octanol–water partition coefficient (Wildman–Crippen LogP) is 3.16. The highest BCUT2D eigenvalue weighted by Crippen LogP contribution is 2.23. The van der Waals surface area contributed by atoms with Crippen molar-refractivity contribution in [3.63, 3.8) is 0 Å². The van der Waals surface area contributed by atoms with E-state index in [-0.39, 0.29) is 6.09 Å². The van der Waals surface area contributed by atoms with E-state index < -0.39 is 0 Å². The van der Waals surface area contributed by atoms with Gasteiger partial charge in [0.2, 0.25) is 0 Å². The number of piperazine rings is 1. The first-order valence-corrected chi connectivity index (χ1v) is 8.64. The van der Waals surface area contributed by atoms with Crippen LogP contribution >= 0.6 is 23.6 Å². The smallest absolute Gasteiger partial charge is 0.409 e. The predicted molar refractivity (Wildman–Crippen MR) is 90.8 cm³/mol. The van der Waals surface area contributed by atoms with E-state index in [2.05, 4.69) is 21.6 Å². The van der Waals surface area contributed by atoms with E-state index in [1.165, 1.54) is 10.2 Å². The molecule has 1 fully saturated rings. The second-order valence-corrected chi connectivity index (χ2v) is 6.88. The van der Waals surface area contributed by atoms with E-state index >= 15 is 0 Å². The Morgan fingerprint density at radius 2 is 2.00 bits per heavy atom. The number of nitrogens with zero attached hydrogens (tertiary/aromatic N) is 3. The third-order valence-electron chi connectivity index (χ3n) is 3.81. The normalized spacial score (nSPS) is 16.1. The molecule has 1 saturated heterocycles. The van der Waals surface area contributed by atoms with Gasteiger partial charge in [-0.1, -0.05) is 12.1 Å². The lowest BCUT2D eigenvalue weighted by molar-refractivity contribution is 0.0714. The first-order chi connectivity index (χ1) is 10.7. The molecule has 1 aromatic heterocycles. The lowest BCUT2D eigenvalue weighted by Crippen LogP contribution is -2.49. The molecule has 1 aliphatic rings. The number of hydrogen-bond donors (Lipinski definition) is 0. The Morgan fingerprint density at radius 1 is 1.27 bits per heavy atom. The molecule has 118 valence electrons. The van der Waals surface area contributed by atoms with Crippen LogP contribution < -0.4 is 0 Å². The van der Waals surface area contributed by atoms with Gasteiger partial charge in [0.05, 0.1) is 23.5 Å². The Labute approximate surface area is 138 Å². The van der Waals surface area contributed by atoms with Crippen LogP contribution in [-0.4, -0.2) is 53.2 Å². The fraction of sp³-hybridized carbons (Fsp3) is 0.467. The van der Waals surface area contributed by atoms with E-state index in [0.717, 1.165) is 23.7 Å². The van der Waals surface area contributed by atoms with Crippen molar-refractivity contribution < 1.29 is 9.53 Å². The number of thiazole rings is 1. The second kappa shape index (κ2) is 6.76. The molecule has 0 saturated carbocycles. The summed E-state index contributed by atoms with van der Waals surface area (Å²) in [4.78, 5) is 15.8. The quantitative estimate of drug-likeness (QED) is 0.806. The van der Waals surface area contributed by atoms with Crippen molar-refractivity contribution in [2.24, 2.45) is 0 Å². The summed E-state index contributed by atoms with van der Waals surface area (Å²) in [6.45, 7) is 6.12. The minimum Gasteiger partial charge on any atom is -0.450 e. The number of ether oxygens (including phenoxy) is 1. The van der Waals surface area contributed by atoms with Gasteiger partial charge in [0.25, 0.3) is 0 Å². The first-order valence-electron chi connectivity index (χ1n) is 7.41. The van der Waals surface area contributed by atoms with Crippen LogP contribution in [0, 0.1) is 3.95 Å². The fourth-order valence-electron chi connectivity index (χ4n) is 2.63. The lowest BCUT2D eigenvalue weighted by Gasteiger charge is -2.34. The Hall–Kier alpha value is -1.44. The highest BCUT2D eigenvalue weighted by molar-refractivity contribution is 7.73. The van der Waals surface area contributed by atoms with Gasteiger partial charge in [-0.25, -0.2) is 4.79 Å². The Kier molecular flexibility index (Phi) is 4.75. The molecule has 5 nitrogen and oxygen atoms in total. The molecule has 0 radical (unpaired) electrons. The molecule has 1 aliphatic heterocycles. The summed E-state index contributed by atoms with van der Waals surface area (Å²) >= 11 is 7.14. The van der Waals surface area contributed by atoms with Gasteiger partial charge in [0.15, 0.2) is 3.95 Å². The van der Waals surface area contributed by atoms with Crippen molar-refractivity contribution in [2.75, 3.05) is 32.8 Å². The average Bonchev–Trinajstić information content (AvgIpc) is 2.84. The van der Waals surface area contributed by atoms with Gasteiger partial charge in [-0.2, -0.15) is 0 Å². The minimum absolute atomic E-state index is 0.209. The topological polar surface area (TPSA) is 37.7 Å². The summed E-state index contributed by atoms with van der Waals surface area (Å²) < 4.78 is 9.34. The molecule has 0 N–H and O–H groups in total. The molecule has 7 heteroatoms. The van der Waals surface area contributed by atoms with E-state index in [4.69, 9.17) is 17.0 Å². The van der Waals surface area contributed by atoms with E-state index in [1.807, 2.05) is 19.1 Å². The third kappa shape index (κ3) is 3.16. The Balaban J connectivity index is 1.66. The monoisotopic (exact) mass is 337 g/mol. The molecule has 1 amide bonds. The second-order valence-electron chi connectivity index (χ2n) is 5.21. The van der Waals surface area contributed by atoms with Crippen LogP contribution in [0.5, 0.6) is 0 Å². The van der Waals surface area contributed by atoms with E-state index in [9.17, 15) is 4.79 Å². The van der Waals surface area contributed by atoms with Crippen LogP contribution in [0.4, 0.5) is 4.79 Å². The maximum Gasteiger partial charge on any atom is 0.409 e. The largest absolute Gasteiger partial charge is 0.450 e. The van der Waals surface area contributed by atoms with Gasteiger partial charge in [-0.05, 0) is 31.3 Å². The van der Waals surface area contributed by atoms with Gasteiger partial charge in [-0.3, -0.25) is 4.90 Å². The van der Waals surface area contributed by atoms with Gasteiger partial charge < -0.3 is 14.2 Å². The maximum absolute atomic E-state index is 11.7. The molecule has 2 heterocycles. The summed E-state index contributed by atoms with van der Waals surface area (Å²) in [5, 5.41) is 0. The van der Waals surface area contributed by atoms with Crippen molar-refractivity contribution in [1.29, 1.82) is 0 Å². The van der Waals surface area contributed by atoms with E-state index in [1.54, 1.807) is 16.2 Å². The van der Waals surface area contributed by atoms with Crippen molar-refractivity contribution in [3.8, 4) is 0 Å². The molecule has 2 aromatic rings. The van der Waals surface area contributed by atoms with Crippen LogP contribution in [0.15, 0.2) is 24.3 Å². The number of rotatable bonds is 3. The zero-order chi connectivity index (χ0) is 15.5. The molecule has 0 spiro atoms. The zero-order valence-corrected chi connectivity index (χ0v) is 14.2. The molecule has 3 rings (SSSR count). The minimum atomic E-state index is -0.209. The van der Waals surface area contributed by atoms with Crippen LogP contribution in [0.25, 0.3) is 10.2 Å². The van der Waals surface area contributed by atoms with Gasteiger partial charge in [0.1, 0.15) is 0 Å². The standard InChI is InChI=1S/C15H19N3O2S2/c1-2-20-14(19)17-9-7-16(8-10-17)11-18-12-5-3-4-6-13(12)22-15(18)21/h3-6H,2,7-11H2,1H3. The lowest BCUT2D eigenvalue weighted by atomic mass is 10.3. The highest BCUT2D eigenvalue weighted by Gasteiger charge is 2.22. The highest BCUT2D eigenvalue weighted by atomic mass is 32.1. The van der Waals surface area contributed by atoms with Crippen molar-refractivity contribution in [1.82, 2.24) is 14.4 Å². The Morgan fingerprint density at radius 3 is 2.73 bits per heavy atom. The van der Waals surface area contributed by atoms with Crippen molar-refractivity contribution >= 4 is 39.9 Å². The first kappa shape index (κ1) is 15.5. The number of amides is 1. The fourth-order valence-corrected chi connectivity index (χ4v) is 3.94. The molecule has 0 unspecified atom stereocenters. The summed E-state index contributed by atoms with van der Waals surface area (Å²) in [6.07, 6.45) is -0.209. The number of benzene rings is 1. The van der Waals surface area contributed by atoms with Crippen molar-refractivity contribution in [3.05, 3.63) is 28.2 Å². The molecule has 0 aliphatic carbocycles. The number of para-hydroxylation sites is 1. The van der Waals surface area contributed by atoms with Gasteiger partial charge >= 0.3 is 6.09 Å². The number of carbonyl (C=O) groups excluding carboxylic acids is 1. The van der Waals surface area contributed by atoms with Gasteiger partial charge in [0, 0.05) is 26.2 Å². The zero-order valence-electron chi connectivity index (χ0n) is 12.5. The van der Waals surface area contributed by atoms with Crippen LogP contribution in [0.1, 0.15) is 6.92 Å². The van der Waals surface area contributed by atoms with Crippen LogP contribution in [0.3, 0.4) is 0 Å². The maximum atomic E-state index is 11.7. The summed E-state index contributed by atoms with van der Waals surface area (Å²) in [6, 6.07) is 8.29. The average molecular weight is 337 g/mol. The molecule has 0 bridgehead atoms. The number of carbonyl (C=O) groups is 1. The molecule has 1 aromatic carbocycles.